The molecule has 0 N–H and O–H groups in total. The molecule has 6 bridgehead atoms. The van der Waals surface area contributed by atoms with Crippen LogP contribution in [0.25, 0.3) is 0 Å². The van der Waals surface area contributed by atoms with Crippen molar-refractivity contribution in [1.82, 2.24) is 0 Å². The highest BCUT2D eigenvalue weighted by molar-refractivity contribution is 5.14. The van der Waals surface area contributed by atoms with Gasteiger partial charge in [0.25, 0.3) is 0 Å². The molecule has 20 heavy (non-hydrogen) atoms. The summed E-state index contributed by atoms with van der Waals surface area (Å²) in [7, 11) is 0. The Morgan fingerprint density at radius 1 is 0.900 bits per heavy atom. The standard InChI is InChI=1S/C10H15.C10H17/c1-7-2-9-4-8(1)5-10(3-7)6-9;1-9(2)8-4-6-10(9,3)7-5-8/h7-9H,1-6H2;6,8H,4-5,7H2,1-3H3/t;8-,10-/m.0/s1. The van der Waals surface area contributed by atoms with Crippen molar-refractivity contribution in [2.75, 3.05) is 0 Å². The summed E-state index contributed by atoms with van der Waals surface area (Å²) >= 11 is 0. The molecular weight excluding hydrogens is 240 g/mol. The average molecular weight is 272 g/mol. The lowest BCUT2D eigenvalue weighted by Crippen LogP contribution is -2.37. The van der Waals surface area contributed by atoms with E-state index >= 15 is 0 Å². The van der Waals surface area contributed by atoms with E-state index in [1.165, 1.54) is 38.5 Å². The Morgan fingerprint density at radius 2 is 1.45 bits per heavy atom. The van der Waals surface area contributed by atoms with Crippen molar-refractivity contribution >= 4 is 0 Å². The molecule has 0 spiro atoms. The third-order valence-electron chi connectivity index (χ3n) is 8.09. The minimum absolute atomic E-state index is 0.581. The topological polar surface area (TPSA) is 0 Å². The quantitative estimate of drug-likeness (QED) is 0.520. The van der Waals surface area contributed by atoms with Gasteiger partial charge in [-0.3, -0.25) is 0 Å². The van der Waals surface area contributed by atoms with Gasteiger partial charge in [0.05, 0.1) is 0 Å². The zero-order valence-electron chi connectivity index (χ0n) is 13.8. The predicted molar refractivity (Wildman–Crippen MR) is 84.9 cm³/mol. The highest BCUT2D eigenvalue weighted by atomic mass is 14.6. The van der Waals surface area contributed by atoms with E-state index in [-0.39, 0.29) is 0 Å². The first-order valence-corrected chi connectivity index (χ1v) is 9.14. The number of hydrogen-bond acceptors (Lipinski definition) is 0. The molecule has 0 aromatic heterocycles. The van der Waals surface area contributed by atoms with Crippen LogP contribution in [0.2, 0.25) is 0 Å². The van der Waals surface area contributed by atoms with Crippen molar-refractivity contribution in [1.29, 1.82) is 0 Å². The summed E-state index contributed by atoms with van der Waals surface area (Å²) in [6, 6.07) is 0. The van der Waals surface area contributed by atoms with E-state index in [4.69, 9.17) is 0 Å². The summed E-state index contributed by atoms with van der Waals surface area (Å²) in [5, 5.41) is 0. The van der Waals surface area contributed by atoms with Crippen LogP contribution in [0.1, 0.15) is 78.6 Å². The molecule has 6 saturated carbocycles. The Balaban J connectivity index is 0.000000106. The first kappa shape index (κ1) is 13.6. The van der Waals surface area contributed by atoms with E-state index in [9.17, 15) is 0 Å². The summed E-state index contributed by atoms with van der Waals surface area (Å²) < 4.78 is 0. The zero-order valence-corrected chi connectivity index (χ0v) is 13.8. The van der Waals surface area contributed by atoms with E-state index in [0.29, 0.717) is 10.8 Å². The molecule has 0 heterocycles. The fourth-order valence-electron chi connectivity index (χ4n) is 6.48. The maximum Gasteiger partial charge on any atom is -0.0233 e. The van der Waals surface area contributed by atoms with Crippen LogP contribution in [0.5, 0.6) is 0 Å². The van der Waals surface area contributed by atoms with Crippen molar-refractivity contribution in [2.45, 2.75) is 78.6 Å². The van der Waals surface area contributed by atoms with Gasteiger partial charge < -0.3 is 0 Å². The van der Waals surface area contributed by atoms with Gasteiger partial charge in [0.2, 0.25) is 0 Å². The molecule has 6 aliphatic carbocycles. The van der Waals surface area contributed by atoms with Gasteiger partial charge in [-0.25, -0.2) is 0 Å². The first-order valence-electron chi connectivity index (χ1n) is 9.14. The monoisotopic (exact) mass is 272 g/mol. The van der Waals surface area contributed by atoms with Crippen LogP contribution in [-0.4, -0.2) is 0 Å². The second-order valence-electron chi connectivity index (χ2n) is 9.48. The lowest BCUT2D eigenvalue weighted by Gasteiger charge is -2.49. The Bertz CT molecular complexity index is 310. The smallest absolute Gasteiger partial charge is 0.0233 e. The SMILES string of the molecule is C1[C]2CC3CC1CC(C2)C3.CC1(C)[C@H]2C[CH][C@@]1(C)CC2. The van der Waals surface area contributed by atoms with Crippen LogP contribution in [0, 0.1) is 46.8 Å². The van der Waals surface area contributed by atoms with E-state index in [1.807, 2.05) is 5.92 Å². The average Bonchev–Trinajstić information content (AvgIpc) is 2.72. The molecule has 0 heteroatoms. The van der Waals surface area contributed by atoms with Crippen molar-refractivity contribution in [3.63, 3.8) is 0 Å². The second kappa shape index (κ2) is 4.50. The van der Waals surface area contributed by atoms with Gasteiger partial charge in [-0.2, -0.15) is 0 Å². The molecule has 6 rings (SSSR count). The Kier molecular flexibility index (Phi) is 3.07. The van der Waals surface area contributed by atoms with Crippen LogP contribution in [0.15, 0.2) is 0 Å². The van der Waals surface area contributed by atoms with Gasteiger partial charge in [-0.1, -0.05) is 20.8 Å². The summed E-state index contributed by atoms with van der Waals surface area (Å²) in [5.41, 5.74) is 1.19. The first-order chi connectivity index (χ1) is 9.46. The third-order valence-corrected chi connectivity index (χ3v) is 8.09. The van der Waals surface area contributed by atoms with Gasteiger partial charge >= 0.3 is 0 Å². The van der Waals surface area contributed by atoms with Crippen LogP contribution in [0.4, 0.5) is 0 Å². The molecule has 0 aromatic rings. The molecule has 0 unspecified atom stereocenters. The van der Waals surface area contributed by atoms with Gasteiger partial charge in [0, 0.05) is 0 Å². The normalized spacial score (nSPS) is 51.1. The minimum Gasteiger partial charge on any atom is -0.0591 e. The molecule has 0 aromatic carbocycles. The maximum absolute atomic E-state index is 2.56. The number of fused-ring (bicyclic) bond motifs is 2. The molecule has 2 atom stereocenters. The van der Waals surface area contributed by atoms with Gasteiger partial charge in [0.15, 0.2) is 0 Å². The van der Waals surface area contributed by atoms with Crippen LogP contribution >= 0.6 is 0 Å². The Labute approximate surface area is 126 Å². The van der Waals surface area contributed by atoms with Crippen LogP contribution in [-0.2, 0) is 0 Å². The summed E-state index contributed by atoms with van der Waals surface area (Å²) in [6.45, 7) is 7.31. The van der Waals surface area contributed by atoms with Crippen molar-refractivity contribution in [3.8, 4) is 0 Å². The Hall–Kier alpha value is 0. The van der Waals surface area contributed by atoms with E-state index in [0.717, 1.165) is 23.7 Å². The van der Waals surface area contributed by atoms with Gasteiger partial charge in [0.1, 0.15) is 0 Å². The van der Waals surface area contributed by atoms with Crippen LogP contribution < -0.4 is 0 Å². The van der Waals surface area contributed by atoms with Crippen molar-refractivity contribution in [3.05, 3.63) is 12.3 Å². The van der Waals surface area contributed by atoms with Gasteiger partial charge in [-0.15, -0.1) is 0 Å². The fourth-order valence-corrected chi connectivity index (χ4v) is 6.48. The Morgan fingerprint density at radius 3 is 1.65 bits per heavy atom. The van der Waals surface area contributed by atoms with Crippen LogP contribution in [0.3, 0.4) is 0 Å². The summed E-state index contributed by atoms with van der Waals surface area (Å²) in [5.74, 6) is 6.35. The zero-order chi connectivity index (χ0) is 14.0. The summed E-state index contributed by atoms with van der Waals surface area (Å²) in [6.07, 6.45) is 16.2. The third kappa shape index (κ3) is 2.00. The molecule has 112 valence electrons. The molecule has 0 amide bonds. The highest BCUT2D eigenvalue weighted by Crippen LogP contribution is 2.64. The molecule has 2 radical (unpaired) electrons. The van der Waals surface area contributed by atoms with Crippen molar-refractivity contribution in [2.24, 2.45) is 34.5 Å². The number of hydrogen-bond donors (Lipinski definition) is 0. The molecule has 0 aliphatic heterocycles. The minimum atomic E-state index is 0.581. The number of rotatable bonds is 0. The fraction of sp³-hybridized carbons (Fsp3) is 0.900. The largest absolute Gasteiger partial charge is 0.0591 e. The molecule has 6 fully saturated rings. The second-order valence-corrected chi connectivity index (χ2v) is 9.48. The molecular formula is C20H32. The maximum atomic E-state index is 2.56. The van der Waals surface area contributed by atoms with E-state index < -0.39 is 0 Å². The lowest BCUT2D eigenvalue weighted by atomic mass is 9.56. The molecule has 6 aliphatic rings. The van der Waals surface area contributed by atoms with Crippen molar-refractivity contribution < 1.29 is 0 Å². The van der Waals surface area contributed by atoms with E-state index in [2.05, 4.69) is 27.2 Å². The van der Waals surface area contributed by atoms with E-state index in [1.54, 1.807) is 19.3 Å². The molecule has 0 nitrogen and oxygen atoms in total. The summed E-state index contributed by atoms with van der Waals surface area (Å²) in [4.78, 5) is 0. The highest BCUT2D eigenvalue weighted by Gasteiger charge is 2.55. The van der Waals surface area contributed by atoms with Gasteiger partial charge in [-0.05, 0) is 105 Å². The lowest BCUT2D eigenvalue weighted by molar-refractivity contribution is 0.0920. The molecule has 0 saturated heterocycles. The predicted octanol–water partition coefficient (Wildman–Crippen LogP) is 5.83.